The van der Waals surface area contributed by atoms with Gasteiger partial charge >= 0.3 is 5.97 Å². The quantitative estimate of drug-likeness (QED) is 0.849. The average molecular weight is 347 g/mol. The summed E-state index contributed by atoms with van der Waals surface area (Å²) in [4.78, 5) is 11.1. The highest BCUT2D eigenvalue weighted by Crippen LogP contribution is 2.30. The van der Waals surface area contributed by atoms with Crippen molar-refractivity contribution in [1.82, 2.24) is 4.57 Å². The Kier molecular flexibility index (Phi) is 4.12. The van der Waals surface area contributed by atoms with Gasteiger partial charge < -0.3 is 9.67 Å². The van der Waals surface area contributed by atoms with E-state index in [2.05, 4.69) is 29.5 Å². The van der Waals surface area contributed by atoms with E-state index in [4.69, 9.17) is 5.11 Å². The first-order chi connectivity index (χ1) is 8.06. The van der Waals surface area contributed by atoms with Crippen molar-refractivity contribution < 1.29 is 9.90 Å². The molecule has 4 heteroatoms. The summed E-state index contributed by atoms with van der Waals surface area (Å²) in [5.74, 6) is 0.666. The number of carbonyl (C=O) groups is 1. The third kappa shape index (κ3) is 3.24. The molecular formula is C13H18INO2. The summed E-state index contributed by atoms with van der Waals surface area (Å²) in [7, 11) is 0. The summed E-state index contributed by atoms with van der Waals surface area (Å²) >= 11 is 2.17. The van der Waals surface area contributed by atoms with Crippen LogP contribution in [0, 0.1) is 15.4 Å². The number of nitrogens with zero attached hydrogens (tertiary/aromatic N) is 1. The van der Waals surface area contributed by atoms with Gasteiger partial charge in [0.2, 0.25) is 0 Å². The number of hydrogen-bond acceptors (Lipinski definition) is 1. The Bertz CT molecular complexity index is 406. The van der Waals surface area contributed by atoms with Gasteiger partial charge in [0.15, 0.2) is 0 Å². The summed E-state index contributed by atoms with van der Waals surface area (Å²) < 4.78 is 2.91. The fraction of sp³-hybridized carbons (Fsp3) is 0.615. The molecule has 0 amide bonds. The fourth-order valence-electron chi connectivity index (χ4n) is 2.59. The summed E-state index contributed by atoms with van der Waals surface area (Å²) in [6.07, 6.45) is 6.98. The monoisotopic (exact) mass is 347 g/mol. The molecule has 1 saturated carbocycles. The van der Waals surface area contributed by atoms with Crippen LogP contribution in [-0.4, -0.2) is 15.6 Å². The van der Waals surface area contributed by atoms with E-state index in [0.717, 1.165) is 16.0 Å². The molecule has 1 fully saturated rings. The molecule has 1 aromatic rings. The minimum absolute atomic E-state index is 0.424. The second-order valence-electron chi connectivity index (χ2n) is 5.13. The molecule has 94 valence electrons. The maximum atomic E-state index is 11.1. The first-order valence-corrected chi connectivity index (χ1v) is 7.23. The van der Waals surface area contributed by atoms with Crippen LogP contribution in [0.15, 0.2) is 12.3 Å². The van der Waals surface area contributed by atoms with Gasteiger partial charge in [-0.05, 0) is 53.3 Å². The second kappa shape index (κ2) is 5.42. The SMILES string of the molecule is CC1CCC(Cn2cc(I)cc2C(=O)O)CC1. The molecule has 3 nitrogen and oxygen atoms in total. The van der Waals surface area contributed by atoms with Crippen LogP contribution in [0.25, 0.3) is 0 Å². The van der Waals surface area contributed by atoms with Crippen molar-refractivity contribution in [2.75, 3.05) is 0 Å². The standard InChI is InChI=1S/C13H18INO2/c1-9-2-4-10(5-3-9)7-15-8-11(14)6-12(15)13(16)17/h6,8-10H,2-5,7H2,1H3,(H,16,17). The lowest BCUT2D eigenvalue weighted by Crippen LogP contribution is -2.19. The topological polar surface area (TPSA) is 42.2 Å². The lowest BCUT2D eigenvalue weighted by molar-refractivity contribution is 0.0683. The summed E-state index contributed by atoms with van der Waals surface area (Å²) in [5.41, 5.74) is 0.424. The Balaban J connectivity index is 2.05. The van der Waals surface area contributed by atoms with Crippen molar-refractivity contribution in [3.8, 4) is 0 Å². The Morgan fingerprint density at radius 2 is 2.12 bits per heavy atom. The molecule has 17 heavy (non-hydrogen) atoms. The van der Waals surface area contributed by atoms with Crippen LogP contribution in [0.5, 0.6) is 0 Å². The van der Waals surface area contributed by atoms with Gasteiger partial charge in [0.25, 0.3) is 0 Å². The number of rotatable bonds is 3. The van der Waals surface area contributed by atoms with Gasteiger partial charge in [0.05, 0.1) is 0 Å². The van der Waals surface area contributed by atoms with E-state index >= 15 is 0 Å². The zero-order valence-electron chi connectivity index (χ0n) is 10.0. The van der Waals surface area contributed by atoms with Crippen molar-refractivity contribution in [2.45, 2.75) is 39.2 Å². The lowest BCUT2D eigenvalue weighted by atomic mass is 9.83. The Morgan fingerprint density at radius 3 is 2.71 bits per heavy atom. The van der Waals surface area contributed by atoms with Gasteiger partial charge in [-0.15, -0.1) is 0 Å². The van der Waals surface area contributed by atoms with Crippen molar-refractivity contribution >= 4 is 28.6 Å². The second-order valence-corrected chi connectivity index (χ2v) is 6.37. The predicted molar refractivity (Wildman–Crippen MR) is 75.2 cm³/mol. The predicted octanol–water partition coefficient (Wildman–Crippen LogP) is 3.62. The van der Waals surface area contributed by atoms with Gasteiger partial charge in [0, 0.05) is 16.3 Å². The van der Waals surface area contributed by atoms with E-state index < -0.39 is 5.97 Å². The van der Waals surface area contributed by atoms with Crippen molar-refractivity contribution in [1.29, 1.82) is 0 Å². The first kappa shape index (κ1) is 12.9. The molecule has 2 rings (SSSR count). The zero-order chi connectivity index (χ0) is 12.4. The van der Waals surface area contributed by atoms with Crippen LogP contribution >= 0.6 is 22.6 Å². The molecule has 0 aliphatic heterocycles. The molecule has 0 aromatic carbocycles. The number of hydrogen-bond donors (Lipinski definition) is 1. The number of carboxylic acids is 1. The van der Waals surface area contributed by atoms with Gasteiger partial charge in [0.1, 0.15) is 5.69 Å². The molecule has 0 radical (unpaired) electrons. The van der Waals surface area contributed by atoms with Crippen LogP contribution in [0.1, 0.15) is 43.1 Å². The minimum Gasteiger partial charge on any atom is -0.477 e. The highest BCUT2D eigenvalue weighted by Gasteiger charge is 2.20. The maximum Gasteiger partial charge on any atom is 0.352 e. The van der Waals surface area contributed by atoms with Gasteiger partial charge in [-0.25, -0.2) is 4.79 Å². The molecule has 0 bridgehead atoms. The van der Waals surface area contributed by atoms with Crippen LogP contribution in [0.3, 0.4) is 0 Å². The fourth-order valence-corrected chi connectivity index (χ4v) is 3.23. The third-order valence-corrected chi connectivity index (χ3v) is 4.26. The molecule has 1 N–H and O–H groups in total. The van der Waals surface area contributed by atoms with E-state index in [1.807, 2.05) is 10.8 Å². The molecule has 1 heterocycles. The number of aromatic carboxylic acids is 1. The van der Waals surface area contributed by atoms with Crippen LogP contribution in [0.4, 0.5) is 0 Å². The number of carboxylic acid groups (broad SMARTS) is 1. The van der Waals surface area contributed by atoms with Gasteiger partial charge in [-0.3, -0.25) is 0 Å². The van der Waals surface area contributed by atoms with E-state index in [1.165, 1.54) is 25.7 Å². The average Bonchev–Trinajstić information content (AvgIpc) is 2.63. The molecular weight excluding hydrogens is 329 g/mol. The molecule has 0 saturated heterocycles. The smallest absolute Gasteiger partial charge is 0.352 e. The summed E-state index contributed by atoms with van der Waals surface area (Å²) in [6, 6.07) is 1.74. The molecule has 0 atom stereocenters. The van der Waals surface area contributed by atoms with Crippen LogP contribution in [-0.2, 0) is 6.54 Å². The van der Waals surface area contributed by atoms with E-state index in [1.54, 1.807) is 6.07 Å². The van der Waals surface area contributed by atoms with Gasteiger partial charge in [-0.2, -0.15) is 0 Å². The van der Waals surface area contributed by atoms with E-state index in [9.17, 15) is 4.79 Å². The number of aromatic nitrogens is 1. The highest BCUT2D eigenvalue weighted by molar-refractivity contribution is 14.1. The number of halogens is 1. The lowest BCUT2D eigenvalue weighted by Gasteiger charge is -2.26. The third-order valence-electron chi connectivity index (χ3n) is 3.67. The largest absolute Gasteiger partial charge is 0.477 e. The molecule has 1 aromatic heterocycles. The van der Waals surface area contributed by atoms with Crippen molar-refractivity contribution in [3.63, 3.8) is 0 Å². The molecule has 0 unspecified atom stereocenters. The normalized spacial score (nSPS) is 24.8. The molecule has 1 aliphatic carbocycles. The van der Waals surface area contributed by atoms with E-state index in [0.29, 0.717) is 11.6 Å². The Morgan fingerprint density at radius 1 is 1.47 bits per heavy atom. The van der Waals surface area contributed by atoms with Crippen molar-refractivity contribution in [3.05, 3.63) is 21.5 Å². The Labute approximate surface area is 115 Å². The maximum absolute atomic E-state index is 11.1. The summed E-state index contributed by atoms with van der Waals surface area (Å²) in [5, 5.41) is 9.13. The Hall–Kier alpha value is -0.520. The van der Waals surface area contributed by atoms with Gasteiger partial charge in [-0.1, -0.05) is 19.8 Å². The minimum atomic E-state index is -0.822. The van der Waals surface area contributed by atoms with E-state index in [-0.39, 0.29) is 0 Å². The van der Waals surface area contributed by atoms with Crippen LogP contribution < -0.4 is 0 Å². The zero-order valence-corrected chi connectivity index (χ0v) is 12.2. The molecule has 1 aliphatic rings. The summed E-state index contributed by atoms with van der Waals surface area (Å²) in [6.45, 7) is 3.16. The van der Waals surface area contributed by atoms with Crippen molar-refractivity contribution in [2.24, 2.45) is 11.8 Å². The highest BCUT2D eigenvalue weighted by atomic mass is 127. The first-order valence-electron chi connectivity index (χ1n) is 6.15. The van der Waals surface area contributed by atoms with Crippen LogP contribution in [0.2, 0.25) is 0 Å². The molecule has 0 spiro atoms.